The summed E-state index contributed by atoms with van der Waals surface area (Å²) in [6.07, 6.45) is 1.21. The average molecular weight is 314 g/mol. The number of nitrogens with zero attached hydrogens (tertiary/aromatic N) is 4. The number of rotatable bonds is 3. The molecule has 1 aliphatic heterocycles. The molecule has 0 amide bonds. The van der Waals surface area contributed by atoms with Gasteiger partial charge in [0.25, 0.3) is 0 Å². The largest absolute Gasteiger partial charge is 0.411 e. The van der Waals surface area contributed by atoms with Crippen LogP contribution in [0.15, 0.2) is 10.1 Å². The van der Waals surface area contributed by atoms with Crippen LogP contribution in [-0.4, -0.2) is 46.5 Å². The molecule has 0 aromatic carbocycles. The second kappa shape index (κ2) is 5.76. The van der Waals surface area contributed by atoms with Crippen LogP contribution >= 0.6 is 0 Å². The second-order valence-corrected chi connectivity index (χ2v) is 7.31. The highest BCUT2D eigenvalue weighted by Gasteiger charge is 2.35. The van der Waals surface area contributed by atoms with E-state index in [4.69, 9.17) is 5.21 Å². The molecule has 8 heteroatoms. The van der Waals surface area contributed by atoms with Crippen molar-refractivity contribution in [1.82, 2.24) is 14.1 Å². The lowest BCUT2D eigenvalue weighted by atomic mass is 9.95. The van der Waals surface area contributed by atoms with Crippen LogP contribution in [0, 0.1) is 19.8 Å². The van der Waals surface area contributed by atoms with Gasteiger partial charge in [0.2, 0.25) is 10.0 Å². The van der Waals surface area contributed by atoms with Gasteiger partial charge < -0.3 is 5.21 Å². The summed E-state index contributed by atoms with van der Waals surface area (Å²) in [5, 5.41) is 16.5. The van der Waals surface area contributed by atoms with Gasteiger partial charge in [-0.2, -0.15) is 9.40 Å². The molecule has 7 nitrogen and oxygen atoms in total. The Morgan fingerprint density at radius 1 is 1.43 bits per heavy atom. The highest BCUT2D eigenvalue weighted by molar-refractivity contribution is 7.89. The van der Waals surface area contributed by atoms with E-state index in [-0.39, 0.29) is 5.92 Å². The van der Waals surface area contributed by atoms with Crippen molar-refractivity contribution in [3.05, 3.63) is 11.4 Å². The van der Waals surface area contributed by atoms with E-state index in [1.807, 2.05) is 6.92 Å². The van der Waals surface area contributed by atoms with Crippen LogP contribution < -0.4 is 0 Å². The topological polar surface area (TPSA) is 87.8 Å². The number of sulfonamides is 1. The van der Waals surface area contributed by atoms with Gasteiger partial charge in [-0.3, -0.25) is 4.68 Å². The first-order valence-corrected chi connectivity index (χ1v) is 8.48. The molecule has 0 saturated carbocycles. The fraction of sp³-hybridized carbons (Fsp3) is 0.692. The van der Waals surface area contributed by atoms with Crippen molar-refractivity contribution in [1.29, 1.82) is 0 Å². The van der Waals surface area contributed by atoms with Crippen LogP contribution in [-0.2, 0) is 17.1 Å². The van der Waals surface area contributed by atoms with Gasteiger partial charge in [-0.05, 0) is 20.3 Å². The summed E-state index contributed by atoms with van der Waals surface area (Å²) < 4.78 is 28.8. The molecule has 21 heavy (non-hydrogen) atoms. The Morgan fingerprint density at radius 3 is 2.57 bits per heavy atom. The molecular weight excluding hydrogens is 292 g/mol. The average Bonchev–Trinajstić information content (AvgIpc) is 2.71. The van der Waals surface area contributed by atoms with Crippen molar-refractivity contribution < 1.29 is 13.6 Å². The van der Waals surface area contributed by atoms with E-state index in [1.54, 1.807) is 25.6 Å². The molecule has 1 aliphatic rings. The van der Waals surface area contributed by atoms with E-state index < -0.39 is 10.0 Å². The number of aromatic nitrogens is 2. The lowest BCUT2D eigenvalue weighted by Crippen LogP contribution is -2.44. The molecule has 1 aromatic heterocycles. The Balaban J connectivity index is 2.37. The van der Waals surface area contributed by atoms with E-state index in [2.05, 4.69) is 10.3 Å². The minimum Gasteiger partial charge on any atom is -0.411 e. The molecule has 1 fully saturated rings. The van der Waals surface area contributed by atoms with Crippen LogP contribution in [0.4, 0.5) is 0 Å². The van der Waals surface area contributed by atoms with Gasteiger partial charge in [-0.25, -0.2) is 8.42 Å². The maximum Gasteiger partial charge on any atom is 0.246 e. The summed E-state index contributed by atoms with van der Waals surface area (Å²) in [5.41, 5.74) is 1.84. The molecule has 1 N–H and O–H groups in total. The van der Waals surface area contributed by atoms with Crippen molar-refractivity contribution in [2.45, 2.75) is 38.5 Å². The van der Waals surface area contributed by atoms with Gasteiger partial charge in [0.05, 0.1) is 17.1 Å². The van der Waals surface area contributed by atoms with Gasteiger partial charge in [0, 0.05) is 32.5 Å². The normalized spacial score (nSPS) is 22.9. The first-order valence-electron chi connectivity index (χ1n) is 7.04. The molecule has 0 aliphatic carbocycles. The van der Waals surface area contributed by atoms with Crippen LogP contribution in [0.25, 0.3) is 0 Å². The molecule has 2 rings (SSSR count). The maximum atomic E-state index is 12.9. The van der Waals surface area contributed by atoms with Gasteiger partial charge >= 0.3 is 0 Å². The zero-order valence-corrected chi connectivity index (χ0v) is 13.7. The molecular formula is C13H22N4O3S. The highest BCUT2D eigenvalue weighted by atomic mass is 32.2. The summed E-state index contributed by atoms with van der Waals surface area (Å²) in [6.45, 7) is 6.13. The SMILES string of the molecule is CCC1CN(S(=O)(=O)c2c(C)nn(C)c2C)CCC1=NO. The van der Waals surface area contributed by atoms with Gasteiger partial charge in [-0.15, -0.1) is 0 Å². The van der Waals surface area contributed by atoms with Crippen molar-refractivity contribution in [2.75, 3.05) is 13.1 Å². The molecule has 1 saturated heterocycles. The predicted molar refractivity (Wildman–Crippen MR) is 79.1 cm³/mol. The molecule has 0 bridgehead atoms. The summed E-state index contributed by atoms with van der Waals surface area (Å²) in [4.78, 5) is 0.296. The fourth-order valence-electron chi connectivity index (χ4n) is 2.86. The van der Waals surface area contributed by atoms with Crippen molar-refractivity contribution >= 4 is 15.7 Å². The third kappa shape index (κ3) is 2.69. The standard InChI is InChI=1S/C13H22N4O3S/c1-5-11-8-17(7-6-12(11)15-18)21(19,20)13-9(2)14-16(4)10(13)3/h11,18H,5-8H2,1-4H3. The van der Waals surface area contributed by atoms with Crippen LogP contribution in [0.5, 0.6) is 0 Å². The van der Waals surface area contributed by atoms with E-state index in [9.17, 15) is 8.42 Å². The Labute approximate surface area is 125 Å². The monoisotopic (exact) mass is 314 g/mol. The van der Waals surface area contributed by atoms with Gasteiger partial charge in [0.15, 0.2) is 0 Å². The molecule has 1 aromatic rings. The zero-order chi connectivity index (χ0) is 15.8. The maximum absolute atomic E-state index is 12.9. The molecule has 1 atom stereocenters. The molecule has 0 spiro atoms. The second-order valence-electron chi connectivity index (χ2n) is 5.43. The van der Waals surface area contributed by atoms with Gasteiger partial charge in [0.1, 0.15) is 4.90 Å². The minimum atomic E-state index is -3.56. The van der Waals surface area contributed by atoms with E-state index in [1.165, 1.54) is 4.31 Å². The number of hydrogen-bond donors (Lipinski definition) is 1. The van der Waals surface area contributed by atoms with Crippen LogP contribution in [0.1, 0.15) is 31.2 Å². The van der Waals surface area contributed by atoms with Crippen molar-refractivity contribution in [3.8, 4) is 0 Å². The molecule has 0 radical (unpaired) electrons. The molecule has 118 valence electrons. The third-order valence-electron chi connectivity index (χ3n) is 4.17. The number of oxime groups is 1. The van der Waals surface area contributed by atoms with Crippen LogP contribution in [0.2, 0.25) is 0 Å². The Bertz CT molecular complexity index is 663. The number of aryl methyl sites for hydroxylation is 2. The summed E-state index contributed by atoms with van der Waals surface area (Å²) in [6, 6.07) is 0. The first kappa shape index (κ1) is 16.0. The van der Waals surface area contributed by atoms with E-state index >= 15 is 0 Å². The summed E-state index contributed by atoms with van der Waals surface area (Å²) in [5.74, 6) is -0.0317. The fourth-order valence-corrected chi connectivity index (χ4v) is 4.74. The highest BCUT2D eigenvalue weighted by Crippen LogP contribution is 2.27. The molecule has 2 heterocycles. The van der Waals surface area contributed by atoms with Gasteiger partial charge in [-0.1, -0.05) is 12.1 Å². The Morgan fingerprint density at radius 2 is 2.10 bits per heavy atom. The predicted octanol–water partition coefficient (Wildman–Crippen LogP) is 1.29. The van der Waals surface area contributed by atoms with E-state index in [0.29, 0.717) is 41.5 Å². The van der Waals surface area contributed by atoms with Crippen LogP contribution in [0.3, 0.4) is 0 Å². The quantitative estimate of drug-likeness (QED) is 0.672. The number of piperidine rings is 1. The van der Waals surface area contributed by atoms with Crippen molar-refractivity contribution in [2.24, 2.45) is 18.1 Å². The summed E-state index contributed by atoms with van der Waals surface area (Å²) in [7, 11) is -1.82. The van der Waals surface area contributed by atoms with Crippen molar-refractivity contribution in [3.63, 3.8) is 0 Å². The molecule has 1 unspecified atom stereocenters. The Hall–Kier alpha value is -1.41. The van der Waals surface area contributed by atoms with E-state index in [0.717, 1.165) is 6.42 Å². The minimum absolute atomic E-state index is 0.0317. The third-order valence-corrected chi connectivity index (χ3v) is 6.29. The Kier molecular flexibility index (Phi) is 4.38. The first-order chi connectivity index (χ1) is 9.82. The number of hydrogen-bond acceptors (Lipinski definition) is 5. The smallest absolute Gasteiger partial charge is 0.246 e. The lowest BCUT2D eigenvalue weighted by molar-refractivity contribution is 0.295. The lowest BCUT2D eigenvalue weighted by Gasteiger charge is -2.32. The summed E-state index contributed by atoms with van der Waals surface area (Å²) >= 11 is 0. The zero-order valence-electron chi connectivity index (χ0n) is 12.9.